The second-order valence-electron chi connectivity index (χ2n) is 10.0. The van der Waals surface area contributed by atoms with Crippen LogP contribution in [-0.4, -0.2) is 30.9 Å². The summed E-state index contributed by atoms with van der Waals surface area (Å²) in [6, 6.07) is 18.9. The highest BCUT2D eigenvalue weighted by Gasteiger charge is 2.56. The highest BCUT2D eigenvalue weighted by Crippen LogP contribution is 2.53. The van der Waals surface area contributed by atoms with E-state index in [1.807, 2.05) is 18.2 Å². The molecule has 1 heterocycles. The molecule has 192 valence electrons. The molecule has 0 aliphatic carbocycles. The first-order valence-corrected chi connectivity index (χ1v) is 12.9. The third kappa shape index (κ3) is 5.29. The molecule has 4 heteroatoms. The highest BCUT2D eigenvalue weighted by atomic mass is 16.5. The molecule has 0 saturated carbocycles. The SMILES string of the molecule is C#CCCCC(=O)[C@@H]1[C@H](c2ccccc2)N1C(c1cc(C)c(OC)c(C)c1)c1cc(C)c(OC)c(C)c1. The van der Waals surface area contributed by atoms with Crippen LogP contribution in [0.2, 0.25) is 0 Å². The van der Waals surface area contributed by atoms with E-state index in [9.17, 15) is 4.79 Å². The third-order valence-electron chi connectivity index (χ3n) is 7.37. The van der Waals surface area contributed by atoms with Gasteiger partial charge < -0.3 is 9.47 Å². The topological polar surface area (TPSA) is 38.5 Å². The van der Waals surface area contributed by atoms with Crippen LogP contribution in [0.1, 0.15) is 70.3 Å². The number of carbonyl (C=O) groups is 1. The van der Waals surface area contributed by atoms with Gasteiger partial charge in [0.15, 0.2) is 5.78 Å². The lowest BCUT2D eigenvalue weighted by molar-refractivity contribution is -0.119. The Hall–Kier alpha value is -3.55. The van der Waals surface area contributed by atoms with Gasteiger partial charge in [-0.3, -0.25) is 9.69 Å². The Morgan fingerprint density at radius 1 is 0.892 bits per heavy atom. The summed E-state index contributed by atoms with van der Waals surface area (Å²) in [4.78, 5) is 15.9. The Balaban J connectivity index is 1.86. The predicted octanol–water partition coefficient (Wildman–Crippen LogP) is 6.82. The van der Waals surface area contributed by atoms with Gasteiger partial charge in [-0.2, -0.15) is 0 Å². The molecule has 0 aromatic heterocycles. The van der Waals surface area contributed by atoms with E-state index in [4.69, 9.17) is 15.9 Å². The van der Waals surface area contributed by atoms with Gasteiger partial charge >= 0.3 is 0 Å². The number of rotatable bonds is 10. The molecule has 3 aromatic carbocycles. The van der Waals surface area contributed by atoms with Crippen LogP contribution in [-0.2, 0) is 4.79 Å². The minimum atomic E-state index is -0.199. The average molecular weight is 496 g/mol. The Morgan fingerprint density at radius 3 is 1.81 bits per heavy atom. The number of benzene rings is 3. The van der Waals surface area contributed by atoms with Gasteiger partial charge in [0.2, 0.25) is 0 Å². The molecule has 0 N–H and O–H groups in total. The van der Waals surface area contributed by atoms with E-state index in [1.165, 1.54) is 0 Å². The van der Waals surface area contributed by atoms with Crippen LogP contribution in [0.5, 0.6) is 11.5 Å². The number of hydrogen-bond donors (Lipinski definition) is 0. The summed E-state index contributed by atoms with van der Waals surface area (Å²) in [5.41, 5.74) is 7.80. The normalized spacial score (nSPS) is 18.4. The number of methoxy groups -OCH3 is 2. The number of Topliss-reactive ketones (excluding diaryl/α,β-unsaturated/α-hetero) is 1. The summed E-state index contributed by atoms with van der Waals surface area (Å²) in [7, 11) is 3.42. The second-order valence-corrected chi connectivity index (χ2v) is 10.0. The van der Waals surface area contributed by atoms with Gasteiger partial charge in [-0.05, 0) is 73.1 Å². The van der Waals surface area contributed by atoms with E-state index in [0.29, 0.717) is 19.3 Å². The maximum absolute atomic E-state index is 13.6. The van der Waals surface area contributed by atoms with E-state index < -0.39 is 0 Å². The Kier molecular flexibility index (Phi) is 8.05. The van der Waals surface area contributed by atoms with Gasteiger partial charge in [-0.15, -0.1) is 12.3 Å². The minimum Gasteiger partial charge on any atom is -0.496 e. The Morgan fingerprint density at radius 2 is 1.38 bits per heavy atom. The van der Waals surface area contributed by atoms with Crippen LogP contribution in [0.15, 0.2) is 54.6 Å². The van der Waals surface area contributed by atoms with Gasteiger partial charge in [0.1, 0.15) is 11.5 Å². The lowest BCUT2D eigenvalue weighted by atomic mass is 9.92. The standard InChI is InChI=1S/C33H37NO3/c1-8-9-11-16-28(35)31-30(25-14-12-10-13-15-25)34(31)29(26-17-21(2)32(36-6)22(3)18-26)27-19-23(4)33(37-7)24(5)20-27/h1,10,12-15,17-20,29-31H,9,11,16H2,2-7H3/t30-,31+,34?/m0/s1. The van der Waals surface area contributed by atoms with Crippen molar-refractivity contribution in [1.82, 2.24) is 4.90 Å². The fraction of sp³-hybridized carbons (Fsp3) is 0.364. The van der Waals surface area contributed by atoms with Crippen molar-refractivity contribution in [2.24, 2.45) is 0 Å². The molecule has 3 aromatic rings. The zero-order valence-corrected chi connectivity index (χ0v) is 22.8. The van der Waals surface area contributed by atoms with Crippen LogP contribution in [0, 0.1) is 40.0 Å². The third-order valence-corrected chi connectivity index (χ3v) is 7.37. The van der Waals surface area contributed by atoms with E-state index in [-0.39, 0.29) is 23.9 Å². The first-order valence-electron chi connectivity index (χ1n) is 12.9. The molecule has 4 nitrogen and oxygen atoms in total. The van der Waals surface area contributed by atoms with Crippen LogP contribution in [0.25, 0.3) is 0 Å². The zero-order valence-electron chi connectivity index (χ0n) is 22.8. The maximum Gasteiger partial charge on any atom is 0.152 e. The van der Waals surface area contributed by atoms with Crippen LogP contribution >= 0.6 is 0 Å². The summed E-state index contributed by atoms with van der Waals surface area (Å²) >= 11 is 0. The van der Waals surface area contributed by atoms with Crippen molar-refractivity contribution in [2.75, 3.05) is 14.2 Å². The number of aryl methyl sites for hydroxylation is 4. The molecule has 1 aliphatic heterocycles. The van der Waals surface area contributed by atoms with Gasteiger partial charge in [-0.1, -0.05) is 54.6 Å². The molecule has 1 unspecified atom stereocenters. The first-order chi connectivity index (χ1) is 17.8. The van der Waals surface area contributed by atoms with E-state index in [2.05, 4.69) is 74.9 Å². The molecule has 0 bridgehead atoms. The zero-order chi connectivity index (χ0) is 26.7. The Labute approximate surface area is 221 Å². The monoisotopic (exact) mass is 495 g/mol. The van der Waals surface area contributed by atoms with Crippen molar-refractivity contribution in [3.63, 3.8) is 0 Å². The summed E-state index contributed by atoms with van der Waals surface area (Å²) in [6.07, 6.45) is 7.29. The number of terminal acetylenes is 1. The van der Waals surface area contributed by atoms with E-state index >= 15 is 0 Å². The highest BCUT2D eigenvalue weighted by molar-refractivity contribution is 5.88. The molecule has 1 saturated heterocycles. The average Bonchev–Trinajstić information content (AvgIpc) is 3.59. The van der Waals surface area contributed by atoms with Gasteiger partial charge in [0.25, 0.3) is 0 Å². The second kappa shape index (κ2) is 11.2. The van der Waals surface area contributed by atoms with Crippen molar-refractivity contribution in [3.8, 4) is 23.8 Å². The number of ether oxygens (including phenoxy) is 2. The van der Waals surface area contributed by atoms with Crippen LogP contribution in [0.3, 0.4) is 0 Å². The molecular weight excluding hydrogens is 458 g/mol. The van der Waals surface area contributed by atoms with E-state index in [1.54, 1.807) is 14.2 Å². The number of carbonyl (C=O) groups excluding carboxylic acids is 1. The molecule has 1 fully saturated rings. The fourth-order valence-electron chi connectivity index (χ4n) is 5.89. The molecule has 1 aliphatic rings. The first kappa shape index (κ1) is 26.5. The van der Waals surface area contributed by atoms with Gasteiger partial charge in [0.05, 0.1) is 32.3 Å². The molecule has 4 rings (SSSR count). The lowest BCUT2D eigenvalue weighted by Crippen LogP contribution is -2.19. The predicted molar refractivity (Wildman–Crippen MR) is 149 cm³/mol. The summed E-state index contributed by atoms with van der Waals surface area (Å²) in [5.74, 6) is 4.72. The van der Waals surface area contributed by atoms with Gasteiger partial charge in [-0.25, -0.2) is 0 Å². The fourth-order valence-corrected chi connectivity index (χ4v) is 5.89. The van der Waals surface area contributed by atoms with E-state index in [0.717, 1.165) is 50.4 Å². The summed E-state index contributed by atoms with van der Waals surface area (Å²) < 4.78 is 11.3. The van der Waals surface area contributed by atoms with Crippen molar-refractivity contribution in [3.05, 3.63) is 93.5 Å². The molecule has 3 atom stereocenters. The van der Waals surface area contributed by atoms with Gasteiger partial charge in [0, 0.05) is 12.8 Å². The molecule has 0 radical (unpaired) electrons. The smallest absolute Gasteiger partial charge is 0.152 e. The summed E-state index contributed by atoms with van der Waals surface area (Å²) in [6.45, 7) is 8.32. The molecular formula is C33H37NO3. The van der Waals surface area contributed by atoms with Crippen LogP contribution < -0.4 is 9.47 Å². The number of hydrogen-bond acceptors (Lipinski definition) is 4. The molecule has 0 spiro atoms. The van der Waals surface area contributed by atoms with Crippen molar-refractivity contribution >= 4 is 5.78 Å². The molecule has 0 amide bonds. The number of nitrogens with zero attached hydrogens (tertiary/aromatic N) is 1. The number of unbranched alkanes of at least 4 members (excludes halogenated alkanes) is 1. The molecule has 37 heavy (non-hydrogen) atoms. The van der Waals surface area contributed by atoms with Crippen molar-refractivity contribution in [1.29, 1.82) is 0 Å². The minimum absolute atomic E-state index is 0.00923. The Bertz CT molecular complexity index is 1220. The van der Waals surface area contributed by atoms with Crippen molar-refractivity contribution < 1.29 is 14.3 Å². The van der Waals surface area contributed by atoms with Crippen molar-refractivity contribution in [2.45, 2.75) is 65.1 Å². The maximum atomic E-state index is 13.6. The number of ketones is 1. The van der Waals surface area contributed by atoms with Crippen LogP contribution in [0.4, 0.5) is 0 Å². The lowest BCUT2D eigenvalue weighted by Gasteiger charge is -2.25. The summed E-state index contributed by atoms with van der Waals surface area (Å²) in [5, 5.41) is 0. The largest absolute Gasteiger partial charge is 0.496 e. The quantitative estimate of drug-likeness (QED) is 0.176.